The van der Waals surface area contributed by atoms with Crippen molar-refractivity contribution in [2.75, 3.05) is 63.9 Å². The lowest BCUT2D eigenvalue weighted by Gasteiger charge is -2.32. The predicted molar refractivity (Wildman–Crippen MR) is 549 cm³/mol. The number of hydrogen-bond donors (Lipinski definition) is 4. The average Bonchev–Trinajstić information content (AvgIpc) is 1.36. The van der Waals surface area contributed by atoms with E-state index in [9.17, 15) is 57.1 Å². The Hall–Kier alpha value is -15.2. The lowest BCUT2D eigenvalue weighted by molar-refractivity contribution is -0.132. The summed E-state index contributed by atoms with van der Waals surface area (Å²) in [5, 5.41) is 61.6. The maximum absolute atomic E-state index is 12.9. The number of nitrogens with zero attached hydrogens (tertiary/aromatic N) is 16. The van der Waals surface area contributed by atoms with Gasteiger partial charge in [0.25, 0.3) is 23.6 Å². The number of hydrogen-bond acceptors (Lipinski definition) is 28. The first kappa shape index (κ1) is 104. The molecule has 5 atom stereocenters. The Labute approximate surface area is 860 Å². The summed E-state index contributed by atoms with van der Waals surface area (Å²) >= 11 is 0. The molecule has 6 amide bonds. The van der Waals surface area contributed by atoms with Gasteiger partial charge >= 0.3 is 12.1 Å². The molecule has 0 unspecified atom stereocenters. The van der Waals surface area contributed by atoms with Crippen molar-refractivity contribution in [1.29, 1.82) is 21.0 Å². The van der Waals surface area contributed by atoms with Crippen LogP contribution in [0.1, 0.15) is 243 Å². The maximum Gasteiger partial charge on any atom is 0.317 e. The fourth-order valence-corrected chi connectivity index (χ4v) is 22.4. The number of amides is 6. The van der Waals surface area contributed by atoms with Crippen molar-refractivity contribution in [1.82, 2.24) is 80.2 Å². The Balaban J connectivity index is 0.000000135. The van der Waals surface area contributed by atoms with Crippen molar-refractivity contribution in [3.05, 3.63) is 212 Å². The summed E-state index contributed by atoms with van der Waals surface area (Å²) in [6.45, 7) is 23.2. The molecule has 0 radical (unpaired) electrons. The number of aromatic nitrogens is 8. The van der Waals surface area contributed by atoms with Crippen LogP contribution in [0, 0.1) is 51.2 Å². The van der Waals surface area contributed by atoms with Gasteiger partial charge in [0.1, 0.15) is 58.8 Å². The minimum atomic E-state index is -3.80. The zero-order valence-electron chi connectivity index (χ0n) is 84.4. The third kappa shape index (κ3) is 24.8. The maximum atomic E-state index is 12.9. The van der Waals surface area contributed by atoms with Gasteiger partial charge in [-0.25, -0.2) is 35.9 Å². The number of sulfonamides is 2. The minimum absolute atomic E-state index is 0.0163. The van der Waals surface area contributed by atoms with Crippen molar-refractivity contribution in [3.8, 4) is 139 Å². The van der Waals surface area contributed by atoms with Crippen LogP contribution in [-0.4, -0.2) is 189 Å². The minimum Gasteiger partial charge on any atom is -0.490 e. The number of urea groups is 2. The monoisotopic (exact) mass is 2040 g/mol. The van der Waals surface area contributed by atoms with Gasteiger partial charge in [0.15, 0.2) is 0 Å². The van der Waals surface area contributed by atoms with E-state index in [0.717, 1.165) is 189 Å². The van der Waals surface area contributed by atoms with E-state index < -0.39 is 43.6 Å². The first-order chi connectivity index (χ1) is 71.4. The number of fused-ring (bicyclic) bond motifs is 4. The molecule has 8 aliphatic rings. The van der Waals surface area contributed by atoms with Crippen molar-refractivity contribution in [3.63, 3.8) is 0 Å². The molecule has 4 fully saturated rings. The van der Waals surface area contributed by atoms with Crippen molar-refractivity contribution in [2.24, 2.45) is 5.92 Å². The van der Waals surface area contributed by atoms with Crippen LogP contribution >= 0.6 is 0 Å². The number of piperidine rings is 1. The Bertz CT molecular complexity index is 6900. The Morgan fingerprint density at radius 2 is 0.642 bits per heavy atom. The van der Waals surface area contributed by atoms with E-state index in [4.69, 9.17) is 37.0 Å². The number of carbonyl (C=O) groups is 4. The number of carbonyl (C=O) groups excluding carboxylic acids is 4. The van der Waals surface area contributed by atoms with Crippen LogP contribution in [0.4, 0.5) is 9.59 Å². The largest absolute Gasteiger partial charge is 0.490 e. The standard InChI is InChI=1S/2C28H31N5O3.2C27H29N5O5S/c1-17(2)35-25-11-10-19(14-20(25)15-29)27-31-26(32-36-27)23-8-4-7-22-21(23)6-5-9-24(22)30-28(34)33-13-12-18(3)16-33;1-18(2)35-25-13-12-19(16-20(25)17-29)27-31-26(32-36-27)23-10-6-9-22-21(23)8-7-11-24(22)30-28(34)33-14-4-3-5-15-33;2*1-17(2)36-24-11-10-18(14-19(24)15-28)27-29-26(30-37-27)22-8-3-7-21-20(22)6-4-9-23(21)31-38(34,35)16-25(33)32-12-5-13-32/h4,7-8,10-11,14,17-18,24H,5-6,9,12-13,16H2,1-3H3,(H,30,34);6,9-10,12-13,16,18,24H,3-5,7-8,11,14-15H2,1-2H3,(H,30,34);2*3,7-8,10-11,14,17,23,31H,4-6,9,12-13,16H2,1-2H3/t18-,24-;24-;2*23-/m0010/s1. The lowest BCUT2D eigenvalue weighted by atomic mass is 9.84. The first-order valence-electron chi connectivity index (χ1n) is 50.8. The fraction of sp³-hybridized carbons (Fsp3) is 0.418. The van der Waals surface area contributed by atoms with E-state index in [1.807, 2.05) is 138 Å². The molecule has 38 heteroatoms. The van der Waals surface area contributed by atoms with E-state index in [1.165, 1.54) is 6.42 Å². The van der Waals surface area contributed by atoms with E-state index in [-0.39, 0.29) is 72.2 Å². The molecule has 4 aromatic heterocycles. The fourth-order valence-electron chi connectivity index (χ4n) is 19.9. The topological polar surface area (TPSA) is 485 Å². The summed E-state index contributed by atoms with van der Waals surface area (Å²) in [5.41, 5.74) is 15.6. The number of nitrogens with one attached hydrogen (secondary N) is 4. The molecule has 8 aromatic carbocycles. The zero-order valence-corrected chi connectivity index (χ0v) is 86.0. The van der Waals surface area contributed by atoms with Crippen molar-refractivity contribution in [2.45, 2.75) is 226 Å². The summed E-state index contributed by atoms with van der Waals surface area (Å²) in [6.07, 6.45) is 15.8. The van der Waals surface area contributed by atoms with Crippen LogP contribution < -0.4 is 39.0 Å². The Morgan fingerprint density at radius 1 is 0.358 bits per heavy atom. The number of ether oxygens (including phenoxy) is 4. The van der Waals surface area contributed by atoms with Crippen LogP contribution in [0.15, 0.2) is 164 Å². The van der Waals surface area contributed by atoms with Gasteiger partial charge in [0.2, 0.25) is 55.2 Å². The quantitative estimate of drug-likeness (QED) is 0.0391. The molecule has 4 saturated heterocycles. The highest BCUT2D eigenvalue weighted by molar-refractivity contribution is 7.90. The second kappa shape index (κ2) is 46.7. The van der Waals surface area contributed by atoms with E-state index in [1.54, 1.807) is 70.5 Å². The van der Waals surface area contributed by atoms with Gasteiger partial charge in [-0.05, 0) is 294 Å². The second-order valence-corrected chi connectivity index (χ2v) is 42.9. The normalized spacial score (nSPS) is 17.6. The van der Waals surface area contributed by atoms with Gasteiger partial charge in [0.05, 0.1) is 58.8 Å². The molecular formula is C110H120N20O16S2. The third-order valence-corrected chi connectivity index (χ3v) is 29.7. The predicted octanol–water partition coefficient (Wildman–Crippen LogP) is 18.3. The molecule has 4 aliphatic heterocycles. The summed E-state index contributed by atoms with van der Waals surface area (Å²) < 4.78 is 102. The lowest BCUT2D eigenvalue weighted by Crippen LogP contribution is -2.47. The SMILES string of the molecule is CC(C)Oc1ccc(-c2nc(-c3cccc4c3CCC[C@@H]4NC(=O)N3CCCCC3)no2)cc1C#N.CC(C)Oc1ccc(-c2nc(-c3cccc4c3CCC[C@@H]4NC(=O)N3CC[C@H](C)C3)no2)cc1C#N.CC(C)Oc1ccc(-c2nc(-c3cccc4c3CCC[C@@H]4NS(=O)(=O)CC(=O)N3CCC3)no2)cc1C#N.CC(C)Oc1ccc(-c2nc(-c3cccc4c3CCC[C@H]4NS(=O)(=O)CC(=O)N3CCC3)no2)cc1C#N. The van der Waals surface area contributed by atoms with Crippen molar-refractivity contribution >= 4 is 43.9 Å². The van der Waals surface area contributed by atoms with E-state index in [2.05, 4.69) is 104 Å². The molecule has 36 nitrogen and oxygen atoms in total. The van der Waals surface area contributed by atoms with Crippen molar-refractivity contribution < 1.29 is 73.1 Å². The Morgan fingerprint density at radius 3 is 0.912 bits per heavy atom. The number of nitriles is 4. The number of likely N-dealkylation sites (tertiary alicyclic amines) is 4. The molecule has 148 heavy (non-hydrogen) atoms. The second-order valence-electron chi connectivity index (χ2n) is 39.4. The molecule has 8 heterocycles. The van der Waals surface area contributed by atoms with Crippen LogP contribution in [0.5, 0.6) is 23.0 Å². The summed E-state index contributed by atoms with van der Waals surface area (Å²) in [4.78, 5) is 75.7. The summed E-state index contributed by atoms with van der Waals surface area (Å²) in [7, 11) is -7.60. The Kier molecular flexibility index (Phi) is 32.8. The van der Waals surface area contributed by atoms with Gasteiger partial charge in [-0.1, -0.05) is 100 Å². The van der Waals surface area contributed by atoms with Gasteiger partial charge in [-0.2, -0.15) is 41.0 Å². The third-order valence-electron chi connectivity index (χ3n) is 27.2. The highest BCUT2D eigenvalue weighted by atomic mass is 32.2. The van der Waals surface area contributed by atoms with Crippen LogP contribution in [0.25, 0.3) is 91.4 Å². The average molecular weight is 2040 g/mol. The van der Waals surface area contributed by atoms with E-state index in [0.29, 0.717) is 148 Å². The van der Waals surface area contributed by atoms with Crippen LogP contribution in [0.3, 0.4) is 0 Å². The molecule has 4 aliphatic carbocycles. The summed E-state index contributed by atoms with van der Waals surface area (Å²) in [5.74, 6) is 3.78. The highest BCUT2D eigenvalue weighted by Crippen LogP contribution is 2.44. The molecular weight excluding hydrogens is 1920 g/mol. The van der Waals surface area contributed by atoms with Crippen LogP contribution in [-0.2, 0) is 55.3 Å². The number of rotatable bonds is 26. The first-order valence-corrected chi connectivity index (χ1v) is 54.1. The van der Waals surface area contributed by atoms with Gasteiger partial charge in [-0.3, -0.25) is 9.59 Å². The summed E-state index contributed by atoms with van der Waals surface area (Å²) in [6, 6.07) is 52.0. The van der Waals surface area contributed by atoms with Gasteiger partial charge < -0.3 is 67.3 Å². The molecule has 0 spiro atoms. The molecule has 0 bridgehead atoms. The van der Waals surface area contributed by atoms with Gasteiger partial charge in [0, 0.05) is 109 Å². The zero-order chi connectivity index (χ0) is 104. The van der Waals surface area contributed by atoms with Crippen LogP contribution in [0.2, 0.25) is 0 Å². The molecule has 4 N–H and O–H groups in total. The molecule has 768 valence electrons. The highest BCUT2D eigenvalue weighted by Gasteiger charge is 2.37. The van der Waals surface area contributed by atoms with E-state index >= 15 is 0 Å². The molecule has 20 rings (SSSR count). The smallest absolute Gasteiger partial charge is 0.317 e. The number of benzene rings is 8. The molecule has 12 aromatic rings. The molecule has 0 saturated carbocycles. The van der Waals surface area contributed by atoms with Gasteiger partial charge in [-0.15, -0.1) is 0 Å².